The summed E-state index contributed by atoms with van der Waals surface area (Å²) >= 11 is 3.79. The van der Waals surface area contributed by atoms with Crippen LogP contribution in [-0.4, -0.2) is 0 Å². The number of hydrogen-bond acceptors (Lipinski definition) is 0. The lowest BCUT2D eigenvalue weighted by Crippen LogP contribution is -2.12. The summed E-state index contributed by atoms with van der Waals surface area (Å²) in [7, 11) is 0. The standard InChI is InChI=1S/C13H17Br/c1-10-5-7-12(8-6-10)13(14)9-11-3-2-4-11/h5-8,11,13H,2-4,9H2,1H3. The molecule has 1 aliphatic carbocycles. The molecule has 0 spiro atoms. The van der Waals surface area contributed by atoms with Gasteiger partial charge in [0.15, 0.2) is 0 Å². The third-order valence-electron chi connectivity index (χ3n) is 3.20. The molecule has 1 unspecified atom stereocenters. The van der Waals surface area contributed by atoms with Gasteiger partial charge < -0.3 is 0 Å². The summed E-state index contributed by atoms with van der Waals surface area (Å²) in [6.07, 6.45) is 5.63. The average molecular weight is 253 g/mol. The minimum Gasteiger partial charge on any atom is -0.0839 e. The first kappa shape index (κ1) is 10.2. The fraction of sp³-hybridized carbons (Fsp3) is 0.538. The third kappa shape index (κ3) is 2.38. The van der Waals surface area contributed by atoms with Crippen LogP contribution in [0.5, 0.6) is 0 Å². The van der Waals surface area contributed by atoms with Crippen LogP contribution in [0.25, 0.3) is 0 Å². The molecule has 0 aliphatic heterocycles. The molecule has 1 saturated carbocycles. The zero-order valence-corrected chi connectivity index (χ0v) is 10.3. The Morgan fingerprint density at radius 3 is 2.43 bits per heavy atom. The maximum atomic E-state index is 3.79. The van der Waals surface area contributed by atoms with Gasteiger partial charge in [0.1, 0.15) is 0 Å². The van der Waals surface area contributed by atoms with Crippen molar-refractivity contribution in [3.8, 4) is 0 Å². The van der Waals surface area contributed by atoms with Gasteiger partial charge in [0.05, 0.1) is 0 Å². The molecule has 1 atom stereocenters. The van der Waals surface area contributed by atoms with Gasteiger partial charge in [-0.1, -0.05) is 65.0 Å². The third-order valence-corrected chi connectivity index (χ3v) is 4.11. The summed E-state index contributed by atoms with van der Waals surface area (Å²) < 4.78 is 0. The van der Waals surface area contributed by atoms with E-state index in [1.807, 2.05) is 0 Å². The van der Waals surface area contributed by atoms with Crippen LogP contribution in [0.1, 0.15) is 41.6 Å². The molecule has 0 saturated heterocycles. The van der Waals surface area contributed by atoms with Crippen LogP contribution in [0.15, 0.2) is 24.3 Å². The van der Waals surface area contributed by atoms with Crippen molar-refractivity contribution in [3.05, 3.63) is 35.4 Å². The molecule has 1 aliphatic rings. The fourth-order valence-corrected chi connectivity index (χ4v) is 2.77. The van der Waals surface area contributed by atoms with E-state index in [2.05, 4.69) is 47.1 Å². The van der Waals surface area contributed by atoms with Crippen molar-refractivity contribution in [2.75, 3.05) is 0 Å². The quantitative estimate of drug-likeness (QED) is 0.689. The molecule has 0 radical (unpaired) electrons. The van der Waals surface area contributed by atoms with Crippen LogP contribution in [0, 0.1) is 12.8 Å². The van der Waals surface area contributed by atoms with Gasteiger partial charge in [-0.2, -0.15) is 0 Å². The second kappa shape index (κ2) is 4.48. The van der Waals surface area contributed by atoms with Crippen LogP contribution >= 0.6 is 15.9 Å². The summed E-state index contributed by atoms with van der Waals surface area (Å²) in [5.41, 5.74) is 2.78. The zero-order valence-electron chi connectivity index (χ0n) is 8.67. The van der Waals surface area contributed by atoms with Crippen molar-refractivity contribution in [2.45, 2.75) is 37.4 Å². The van der Waals surface area contributed by atoms with Crippen molar-refractivity contribution in [1.29, 1.82) is 0 Å². The first-order valence-electron chi connectivity index (χ1n) is 5.46. The second-order valence-corrected chi connectivity index (χ2v) is 5.52. The first-order chi connectivity index (χ1) is 6.75. The molecule has 2 rings (SSSR count). The molecule has 0 N–H and O–H groups in total. The van der Waals surface area contributed by atoms with Crippen LogP contribution in [0.2, 0.25) is 0 Å². The Labute approximate surface area is 94.8 Å². The van der Waals surface area contributed by atoms with Crippen molar-refractivity contribution in [2.24, 2.45) is 5.92 Å². The normalized spacial score (nSPS) is 19.0. The molecule has 0 bridgehead atoms. The number of benzene rings is 1. The highest BCUT2D eigenvalue weighted by Crippen LogP contribution is 2.38. The number of hydrogen-bond donors (Lipinski definition) is 0. The molecule has 1 fully saturated rings. The number of halogens is 1. The Morgan fingerprint density at radius 2 is 1.93 bits per heavy atom. The predicted octanol–water partition coefficient (Wildman–Crippen LogP) is 4.62. The maximum absolute atomic E-state index is 3.79. The first-order valence-corrected chi connectivity index (χ1v) is 6.38. The Kier molecular flexibility index (Phi) is 3.27. The molecule has 0 heterocycles. The number of aryl methyl sites for hydroxylation is 1. The molecule has 1 aromatic rings. The molecular formula is C13H17Br. The molecule has 76 valence electrons. The average Bonchev–Trinajstić information content (AvgIpc) is 2.12. The fourth-order valence-electron chi connectivity index (χ4n) is 1.93. The van der Waals surface area contributed by atoms with Gasteiger partial charge in [0, 0.05) is 4.83 Å². The largest absolute Gasteiger partial charge is 0.0839 e. The van der Waals surface area contributed by atoms with E-state index >= 15 is 0 Å². The Bertz CT molecular complexity index is 285. The van der Waals surface area contributed by atoms with E-state index in [9.17, 15) is 0 Å². The number of rotatable bonds is 3. The Morgan fingerprint density at radius 1 is 1.29 bits per heavy atom. The number of alkyl halides is 1. The summed E-state index contributed by atoms with van der Waals surface area (Å²) in [6, 6.07) is 8.88. The van der Waals surface area contributed by atoms with Gasteiger partial charge in [0.25, 0.3) is 0 Å². The van der Waals surface area contributed by atoms with Crippen molar-refractivity contribution in [3.63, 3.8) is 0 Å². The Balaban J connectivity index is 1.95. The van der Waals surface area contributed by atoms with E-state index in [-0.39, 0.29) is 0 Å². The molecule has 1 heteroatoms. The summed E-state index contributed by atoms with van der Waals surface area (Å²) in [4.78, 5) is 0.563. The van der Waals surface area contributed by atoms with Gasteiger partial charge in [0.2, 0.25) is 0 Å². The Hall–Kier alpha value is -0.300. The smallest absolute Gasteiger partial charge is 0.0397 e. The van der Waals surface area contributed by atoms with Crippen LogP contribution in [0.4, 0.5) is 0 Å². The molecule has 0 amide bonds. The maximum Gasteiger partial charge on any atom is 0.0397 e. The zero-order chi connectivity index (χ0) is 9.97. The van der Waals surface area contributed by atoms with E-state index in [1.165, 1.54) is 36.8 Å². The van der Waals surface area contributed by atoms with Crippen LogP contribution in [0.3, 0.4) is 0 Å². The lowest BCUT2D eigenvalue weighted by atomic mass is 9.81. The molecule has 0 nitrogen and oxygen atoms in total. The highest BCUT2D eigenvalue weighted by molar-refractivity contribution is 9.09. The highest BCUT2D eigenvalue weighted by atomic mass is 79.9. The lowest BCUT2D eigenvalue weighted by Gasteiger charge is -2.27. The van der Waals surface area contributed by atoms with E-state index in [0.29, 0.717) is 4.83 Å². The van der Waals surface area contributed by atoms with Gasteiger partial charge in [-0.3, -0.25) is 0 Å². The van der Waals surface area contributed by atoms with E-state index in [1.54, 1.807) is 0 Å². The predicted molar refractivity (Wildman–Crippen MR) is 64.8 cm³/mol. The minimum atomic E-state index is 0.563. The minimum absolute atomic E-state index is 0.563. The van der Waals surface area contributed by atoms with Gasteiger partial charge >= 0.3 is 0 Å². The lowest BCUT2D eigenvalue weighted by molar-refractivity contribution is 0.295. The van der Waals surface area contributed by atoms with E-state index in [0.717, 1.165) is 5.92 Å². The summed E-state index contributed by atoms with van der Waals surface area (Å²) in [5.74, 6) is 0.973. The topological polar surface area (TPSA) is 0 Å². The summed E-state index contributed by atoms with van der Waals surface area (Å²) in [5, 5.41) is 0. The van der Waals surface area contributed by atoms with Crippen LogP contribution < -0.4 is 0 Å². The van der Waals surface area contributed by atoms with Crippen LogP contribution in [-0.2, 0) is 0 Å². The van der Waals surface area contributed by atoms with E-state index in [4.69, 9.17) is 0 Å². The van der Waals surface area contributed by atoms with Gasteiger partial charge in [-0.05, 0) is 24.8 Å². The molecule has 14 heavy (non-hydrogen) atoms. The van der Waals surface area contributed by atoms with Crippen molar-refractivity contribution < 1.29 is 0 Å². The van der Waals surface area contributed by atoms with Crippen molar-refractivity contribution >= 4 is 15.9 Å². The SMILES string of the molecule is Cc1ccc(C(Br)CC2CCC2)cc1. The molecule has 0 aromatic heterocycles. The molecular weight excluding hydrogens is 236 g/mol. The van der Waals surface area contributed by atoms with Gasteiger partial charge in [-0.15, -0.1) is 0 Å². The van der Waals surface area contributed by atoms with E-state index < -0.39 is 0 Å². The molecule has 1 aromatic carbocycles. The second-order valence-electron chi connectivity index (χ2n) is 4.41. The van der Waals surface area contributed by atoms with Gasteiger partial charge in [-0.25, -0.2) is 0 Å². The summed E-state index contributed by atoms with van der Waals surface area (Å²) in [6.45, 7) is 2.14. The monoisotopic (exact) mass is 252 g/mol. The van der Waals surface area contributed by atoms with Crippen molar-refractivity contribution in [1.82, 2.24) is 0 Å². The highest BCUT2D eigenvalue weighted by Gasteiger charge is 2.21.